The second kappa shape index (κ2) is 5.36. The van der Waals surface area contributed by atoms with Gasteiger partial charge in [0.05, 0.1) is 10.6 Å². The van der Waals surface area contributed by atoms with Crippen molar-refractivity contribution in [2.75, 3.05) is 11.4 Å². The van der Waals surface area contributed by atoms with Crippen LogP contribution in [0.4, 0.5) is 5.69 Å². The van der Waals surface area contributed by atoms with Crippen molar-refractivity contribution in [3.8, 4) is 0 Å². The van der Waals surface area contributed by atoms with Crippen molar-refractivity contribution in [1.82, 2.24) is 9.97 Å². The monoisotopic (exact) mass is 349 g/mol. The summed E-state index contributed by atoms with van der Waals surface area (Å²) < 4.78 is 0. The molecule has 1 aliphatic carbocycles. The van der Waals surface area contributed by atoms with Gasteiger partial charge in [-0.3, -0.25) is 4.79 Å². The highest BCUT2D eigenvalue weighted by Gasteiger charge is 2.31. The summed E-state index contributed by atoms with van der Waals surface area (Å²) in [6.45, 7) is 4.82. The summed E-state index contributed by atoms with van der Waals surface area (Å²) in [5.74, 6) is 1.57. The molecule has 0 N–H and O–H groups in total. The second-order valence-corrected chi connectivity index (χ2v) is 8.01. The van der Waals surface area contributed by atoms with Gasteiger partial charge in [0.25, 0.3) is 5.91 Å². The van der Waals surface area contributed by atoms with Crippen molar-refractivity contribution in [2.24, 2.45) is 0 Å². The molecule has 2 aromatic heterocycles. The number of thiophene rings is 1. The Morgan fingerprint density at radius 2 is 2.00 bits per heavy atom. The van der Waals surface area contributed by atoms with Crippen LogP contribution >= 0.6 is 11.3 Å². The number of carbonyl (C=O) groups excluding carboxylic acids is 1. The summed E-state index contributed by atoms with van der Waals surface area (Å²) in [5.41, 5.74) is 4.32. The van der Waals surface area contributed by atoms with Gasteiger partial charge in [-0.05, 0) is 50.3 Å². The molecular weight excluding hydrogens is 330 g/mol. The number of benzene rings is 1. The van der Waals surface area contributed by atoms with Crippen LogP contribution in [0.2, 0.25) is 0 Å². The van der Waals surface area contributed by atoms with Gasteiger partial charge in [-0.25, -0.2) is 9.97 Å². The number of amides is 1. The largest absolute Gasteiger partial charge is 0.307 e. The zero-order valence-electron chi connectivity index (χ0n) is 14.4. The lowest BCUT2D eigenvalue weighted by atomic mass is 10.1. The van der Waals surface area contributed by atoms with E-state index in [1.54, 1.807) is 0 Å². The van der Waals surface area contributed by atoms with Crippen LogP contribution in [-0.2, 0) is 6.42 Å². The summed E-state index contributed by atoms with van der Waals surface area (Å²) in [7, 11) is 0. The molecule has 0 unspecified atom stereocenters. The third-order valence-electron chi connectivity index (χ3n) is 5.26. The molecule has 3 heterocycles. The van der Waals surface area contributed by atoms with Gasteiger partial charge in [-0.15, -0.1) is 11.3 Å². The minimum Gasteiger partial charge on any atom is -0.307 e. The molecule has 0 radical (unpaired) electrons. The van der Waals surface area contributed by atoms with Crippen LogP contribution in [0, 0.1) is 13.8 Å². The zero-order chi connectivity index (χ0) is 17.1. The Kier molecular flexibility index (Phi) is 3.22. The van der Waals surface area contributed by atoms with Crippen LogP contribution in [0.15, 0.2) is 24.3 Å². The highest BCUT2D eigenvalue weighted by atomic mass is 32.1. The van der Waals surface area contributed by atoms with E-state index in [4.69, 9.17) is 9.97 Å². The molecule has 1 aliphatic heterocycles. The molecule has 0 spiro atoms. The topological polar surface area (TPSA) is 46.1 Å². The number of aromatic nitrogens is 2. The second-order valence-electron chi connectivity index (χ2n) is 7.01. The quantitative estimate of drug-likeness (QED) is 0.689. The lowest BCUT2D eigenvalue weighted by Crippen LogP contribution is -2.28. The molecule has 2 aliphatic rings. The van der Waals surface area contributed by atoms with E-state index in [0.29, 0.717) is 5.92 Å². The molecule has 1 aromatic carbocycles. The molecule has 5 rings (SSSR count). The van der Waals surface area contributed by atoms with E-state index in [1.807, 2.05) is 36.9 Å². The lowest BCUT2D eigenvalue weighted by Gasteiger charge is -2.16. The summed E-state index contributed by atoms with van der Waals surface area (Å²) in [6.07, 6.45) is 3.30. The van der Waals surface area contributed by atoms with Gasteiger partial charge in [0.1, 0.15) is 10.7 Å². The minimum absolute atomic E-state index is 0.0952. The molecule has 1 fully saturated rings. The third-order valence-corrected chi connectivity index (χ3v) is 6.43. The number of rotatable bonds is 2. The first-order chi connectivity index (χ1) is 12.1. The smallest absolute Gasteiger partial charge is 0.268 e. The zero-order valence-corrected chi connectivity index (χ0v) is 15.2. The van der Waals surface area contributed by atoms with Crippen molar-refractivity contribution in [3.63, 3.8) is 0 Å². The van der Waals surface area contributed by atoms with E-state index < -0.39 is 0 Å². The number of aryl methyl sites for hydroxylation is 2. The number of carbonyl (C=O) groups is 1. The molecule has 3 aromatic rings. The highest BCUT2D eigenvalue weighted by Crippen LogP contribution is 2.41. The van der Waals surface area contributed by atoms with E-state index in [9.17, 15) is 4.79 Å². The van der Waals surface area contributed by atoms with Crippen molar-refractivity contribution >= 4 is 33.1 Å². The lowest BCUT2D eigenvalue weighted by molar-refractivity contribution is 0.0993. The number of nitrogens with zero attached hydrogens (tertiary/aromatic N) is 3. The summed E-state index contributed by atoms with van der Waals surface area (Å²) in [4.78, 5) is 26.4. The molecular formula is C20H19N3OS. The molecule has 126 valence electrons. The van der Waals surface area contributed by atoms with Gasteiger partial charge in [0.15, 0.2) is 0 Å². The predicted molar refractivity (Wildman–Crippen MR) is 101 cm³/mol. The molecule has 0 saturated heterocycles. The van der Waals surface area contributed by atoms with Crippen LogP contribution in [0.1, 0.15) is 51.1 Å². The normalized spacial score (nSPS) is 16.5. The summed E-state index contributed by atoms with van der Waals surface area (Å²) >= 11 is 1.52. The fourth-order valence-corrected chi connectivity index (χ4v) is 4.95. The van der Waals surface area contributed by atoms with Crippen molar-refractivity contribution in [2.45, 2.75) is 39.0 Å². The van der Waals surface area contributed by atoms with Crippen LogP contribution in [0.5, 0.6) is 0 Å². The van der Waals surface area contributed by atoms with Crippen molar-refractivity contribution < 1.29 is 4.79 Å². The Labute approximate surface area is 150 Å². The maximum absolute atomic E-state index is 13.2. The fourth-order valence-electron chi connectivity index (χ4n) is 3.76. The maximum Gasteiger partial charge on any atom is 0.268 e. The molecule has 0 atom stereocenters. The Bertz CT molecular complexity index is 1020. The first-order valence-corrected chi connectivity index (χ1v) is 9.62. The molecule has 25 heavy (non-hydrogen) atoms. The van der Waals surface area contributed by atoms with Gasteiger partial charge < -0.3 is 4.90 Å². The Morgan fingerprint density at radius 3 is 2.80 bits per heavy atom. The Balaban J connectivity index is 1.60. The van der Waals surface area contributed by atoms with Gasteiger partial charge in [0, 0.05) is 23.5 Å². The van der Waals surface area contributed by atoms with E-state index in [-0.39, 0.29) is 5.91 Å². The first kappa shape index (κ1) is 15.0. The standard InChI is InChI=1S/C20H19N3OS/c1-11-16-12(2)21-18(14-7-8-14)22-19(16)25-17(11)20(24)23-10-9-13-5-3-4-6-15(13)23/h3-6,14H,7-10H2,1-2H3. The molecule has 0 bridgehead atoms. The van der Waals surface area contributed by atoms with Crippen LogP contribution in [0.25, 0.3) is 10.2 Å². The van der Waals surface area contributed by atoms with E-state index in [1.165, 1.54) is 29.7 Å². The Hall–Kier alpha value is -2.27. The number of anilines is 1. The average Bonchev–Trinajstić information content (AvgIpc) is 3.29. The highest BCUT2D eigenvalue weighted by molar-refractivity contribution is 7.20. The number of fused-ring (bicyclic) bond motifs is 2. The summed E-state index contributed by atoms with van der Waals surface area (Å²) in [6, 6.07) is 8.19. The third kappa shape index (κ3) is 2.29. The SMILES string of the molecule is Cc1nc(C2CC2)nc2sc(C(=O)N3CCc4ccccc43)c(C)c12. The van der Waals surface area contributed by atoms with E-state index >= 15 is 0 Å². The van der Waals surface area contributed by atoms with Gasteiger partial charge in [0.2, 0.25) is 0 Å². The molecule has 5 heteroatoms. The van der Waals surface area contributed by atoms with Crippen molar-refractivity contribution in [3.05, 3.63) is 51.8 Å². The van der Waals surface area contributed by atoms with Crippen LogP contribution in [0.3, 0.4) is 0 Å². The first-order valence-electron chi connectivity index (χ1n) is 8.81. The van der Waals surface area contributed by atoms with Crippen LogP contribution in [-0.4, -0.2) is 22.4 Å². The average molecular weight is 349 g/mol. The fraction of sp³-hybridized carbons (Fsp3) is 0.350. The van der Waals surface area contributed by atoms with E-state index in [0.717, 1.165) is 50.8 Å². The maximum atomic E-state index is 13.2. The molecule has 1 saturated carbocycles. The van der Waals surface area contributed by atoms with Crippen molar-refractivity contribution in [1.29, 1.82) is 0 Å². The van der Waals surface area contributed by atoms with E-state index in [2.05, 4.69) is 6.07 Å². The number of hydrogen-bond donors (Lipinski definition) is 0. The van der Waals surface area contributed by atoms with Crippen LogP contribution < -0.4 is 4.90 Å². The Morgan fingerprint density at radius 1 is 1.20 bits per heavy atom. The molecule has 1 amide bonds. The summed E-state index contributed by atoms with van der Waals surface area (Å²) in [5, 5.41) is 1.06. The number of para-hydroxylation sites is 1. The van der Waals surface area contributed by atoms with Gasteiger partial charge >= 0.3 is 0 Å². The number of hydrogen-bond acceptors (Lipinski definition) is 4. The van der Waals surface area contributed by atoms with Gasteiger partial charge in [-0.1, -0.05) is 18.2 Å². The molecule has 4 nitrogen and oxygen atoms in total. The predicted octanol–water partition coefficient (Wildman–Crippen LogP) is 4.39. The van der Waals surface area contributed by atoms with Gasteiger partial charge in [-0.2, -0.15) is 0 Å². The minimum atomic E-state index is 0.0952.